The van der Waals surface area contributed by atoms with Gasteiger partial charge in [-0.2, -0.15) is 0 Å². The van der Waals surface area contributed by atoms with Crippen LogP contribution in [0.25, 0.3) is 0 Å². The average Bonchev–Trinajstić information content (AvgIpc) is 2.48. The number of carbonyl (C=O) groups excluding carboxylic acids is 1. The van der Waals surface area contributed by atoms with Crippen molar-refractivity contribution in [2.45, 2.75) is 77.5 Å². The molecule has 0 aromatic carbocycles. The Kier molecular flexibility index (Phi) is 5.90. The van der Waals surface area contributed by atoms with Crippen molar-refractivity contribution in [2.24, 2.45) is 11.8 Å². The Morgan fingerprint density at radius 3 is 2.70 bits per heavy atom. The van der Waals surface area contributed by atoms with Crippen LogP contribution < -0.4 is 0 Å². The molecule has 132 valence electrons. The van der Waals surface area contributed by atoms with E-state index in [9.17, 15) is 9.90 Å². The lowest BCUT2D eigenvalue weighted by Gasteiger charge is -2.56. The minimum Gasteiger partial charge on any atom is -0.460 e. The molecule has 4 atom stereocenters. The maximum atomic E-state index is 11.5. The predicted octanol–water partition coefficient (Wildman–Crippen LogP) is 3.15. The first kappa shape index (κ1) is 18.5. The Hall–Kier alpha value is -0.870. The largest absolute Gasteiger partial charge is 0.460 e. The number of hydrogen-bond acceptors (Lipinski definition) is 4. The molecule has 1 saturated carbocycles. The molecule has 4 nitrogen and oxygen atoms in total. The van der Waals surface area contributed by atoms with Crippen LogP contribution in [0.3, 0.4) is 0 Å². The van der Waals surface area contributed by atoms with E-state index in [2.05, 4.69) is 32.3 Å². The first-order valence-corrected chi connectivity index (χ1v) is 9.00. The number of nitrogens with zero attached hydrogens (tertiary/aromatic N) is 1. The van der Waals surface area contributed by atoms with E-state index in [4.69, 9.17) is 4.74 Å². The van der Waals surface area contributed by atoms with Crippen LogP contribution >= 0.6 is 0 Å². The highest BCUT2D eigenvalue weighted by atomic mass is 16.5. The number of piperidine rings is 1. The summed E-state index contributed by atoms with van der Waals surface area (Å²) in [5.41, 5.74) is 0.453. The number of ether oxygens (including phenoxy) is 1. The van der Waals surface area contributed by atoms with Gasteiger partial charge in [-0.05, 0) is 51.9 Å². The summed E-state index contributed by atoms with van der Waals surface area (Å²) < 4.78 is 5.12. The van der Waals surface area contributed by atoms with Crippen LogP contribution in [0, 0.1) is 11.8 Å². The molecule has 23 heavy (non-hydrogen) atoms. The van der Waals surface area contributed by atoms with Gasteiger partial charge in [-0.1, -0.05) is 26.3 Å². The summed E-state index contributed by atoms with van der Waals surface area (Å²) in [6, 6.07) is 0.550. The number of rotatable bonds is 5. The van der Waals surface area contributed by atoms with E-state index in [0.29, 0.717) is 18.2 Å². The number of β-amino-alcohol motifs (C(OH)–C–C–N with tert-alkyl or cyclic N) is 1. The van der Waals surface area contributed by atoms with Crippen LogP contribution in [0.2, 0.25) is 0 Å². The molecule has 0 amide bonds. The smallest absolute Gasteiger partial charge is 0.333 e. The molecule has 4 unspecified atom stereocenters. The highest BCUT2D eigenvalue weighted by Crippen LogP contribution is 2.45. The molecule has 1 saturated heterocycles. The first-order valence-electron chi connectivity index (χ1n) is 9.00. The van der Waals surface area contributed by atoms with E-state index in [0.717, 1.165) is 18.3 Å². The number of carbonyl (C=O) groups is 1. The quantitative estimate of drug-likeness (QED) is 0.624. The molecule has 0 aromatic rings. The van der Waals surface area contributed by atoms with Crippen molar-refractivity contribution < 1.29 is 14.6 Å². The highest BCUT2D eigenvalue weighted by molar-refractivity contribution is 5.86. The van der Waals surface area contributed by atoms with Gasteiger partial charge >= 0.3 is 5.97 Å². The Morgan fingerprint density at radius 2 is 2.04 bits per heavy atom. The summed E-state index contributed by atoms with van der Waals surface area (Å²) >= 11 is 0. The zero-order chi connectivity index (χ0) is 17.2. The second-order valence-electron chi connectivity index (χ2n) is 8.19. The maximum absolute atomic E-state index is 11.5. The fourth-order valence-electron chi connectivity index (χ4n) is 4.65. The number of aliphatic hydroxyl groups excluding tert-OH is 1. The molecule has 2 fully saturated rings. The molecule has 0 spiro atoms. The van der Waals surface area contributed by atoms with Gasteiger partial charge in [-0.15, -0.1) is 0 Å². The minimum absolute atomic E-state index is 0.0468. The van der Waals surface area contributed by atoms with Crippen molar-refractivity contribution in [3.05, 3.63) is 12.2 Å². The van der Waals surface area contributed by atoms with Gasteiger partial charge in [-0.25, -0.2) is 4.79 Å². The molecular formula is C19H33NO3. The van der Waals surface area contributed by atoms with Crippen molar-refractivity contribution in [1.29, 1.82) is 0 Å². The maximum Gasteiger partial charge on any atom is 0.333 e. The highest BCUT2D eigenvalue weighted by Gasteiger charge is 2.46. The monoisotopic (exact) mass is 323 g/mol. The molecule has 0 bridgehead atoms. The van der Waals surface area contributed by atoms with Gasteiger partial charge in [-0.3, -0.25) is 4.90 Å². The van der Waals surface area contributed by atoms with Crippen LogP contribution in [-0.2, 0) is 9.53 Å². The lowest BCUT2D eigenvalue weighted by Crippen LogP contribution is -2.61. The Morgan fingerprint density at radius 1 is 1.39 bits per heavy atom. The van der Waals surface area contributed by atoms with Crippen LogP contribution in [0.4, 0.5) is 0 Å². The standard InChI is InChI=1S/C19H33NO3/c1-13(2)18(22)23-12-15(21)11-20-17-9-7-6-8-16(17)14(3)10-19(20,4)5/h14-17,21H,1,6-12H2,2-5H3. The third-order valence-corrected chi connectivity index (χ3v) is 5.67. The fourth-order valence-corrected chi connectivity index (χ4v) is 4.65. The molecule has 4 heteroatoms. The number of aliphatic hydroxyl groups is 1. The van der Waals surface area contributed by atoms with Crippen molar-refractivity contribution in [3.63, 3.8) is 0 Å². The van der Waals surface area contributed by atoms with Crippen molar-refractivity contribution in [1.82, 2.24) is 4.90 Å². The van der Waals surface area contributed by atoms with Crippen molar-refractivity contribution in [3.8, 4) is 0 Å². The Bertz CT molecular complexity index is 446. The van der Waals surface area contributed by atoms with Gasteiger partial charge in [0.2, 0.25) is 0 Å². The van der Waals surface area contributed by atoms with E-state index in [-0.39, 0.29) is 12.1 Å². The number of esters is 1. The van der Waals surface area contributed by atoms with E-state index >= 15 is 0 Å². The van der Waals surface area contributed by atoms with E-state index in [1.807, 2.05) is 0 Å². The molecule has 2 rings (SSSR count). The number of likely N-dealkylation sites (tertiary alicyclic amines) is 1. The SMILES string of the molecule is C=C(C)C(=O)OCC(O)CN1C2CCCCC2C(C)CC1(C)C. The minimum atomic E-state index is -0.645. The summed E-state index contributed by atoms with van der Waals surface area (Å²) in [5.74, 6) is 1.05. The van der Waals surface area contributed by atoms with Gasteiger partial charge in [0.25, 0.3) is 0 Å². The summed E-state index contributed by atoms with van der Waals surface area (Å²) in [6.45, 7) is 12.7. The van der Waals surface area contributed by atoms with Crippen molar-refractivity contribution >= 4 is 5.97 Å². The normalized spacial score (nSPS) is 32.0. The van der Waals surface area contributed by atoms with Gasteiger partial charge in [0.1, 0.15) is 12.7 Å². The molecule has 1 aliphatic carbocycles. The summed E-state index contributed by atoms with van der Waals surface area (Å²) in [5, 5.41) is 10.4. The van der Waals surface area contributed by atoms with Gasteiger partial charge in [0.05, 0.1) is 0 Å². The van der Waals surface area contributed by atoms with Crippen LogP contribution in [0.5, 0.6) is 0 Å². The van der Waals surface area contributed by atoms with Crippen LogP contribution in [0.1, 0.15) is 59.8 Å². The number of hydrogen-bond donors (Lipinski definition) is 1. The topological polar surface area (TPSA) is 49.8 Å². The molecular weight excluding hydrogens is 290 g/mol. The molecule has 2 aliphatic rings. The zero-order valence-corrected chi connectivity index (χ0v) is 15.2. The van der Waals surface area contributed by atoms with Gasteiger partial charge < -0.3 is 9.84 Å². The molecule has 0 aromatic heterocycles. The molecule has 1 aliphatic heterocycles. The zero-order valence-electron chi connectivity index (χ0n) is 15.2. The molecule has 1 N–H and O–H groups in total. The molecule has 1 heterocycles. The fraction of sp³-hybridized carbons (Fsp3) is 0.842. The van der Waals surface area contributed by atoms with Crippen LogP contribution in [0.15, 0.2) is 12.2 Å². The first-order chi connectivity index (χ1) is 10.7. The van der Waals surface area contributed by atoms with Gasteiger partial charge in [0, 0.05) is 23.7 Å². The number of fused-ring (bicyclic) bond motifs is 1. The third kappa shape index (κ3) is 4.36. The van der Waals surface area contributed by atoms with Crippen molar-refractivity contribution in [2.75, 3.05) is 13.2 Å². The van der Waals surface area contributed by atoms with E-state index in [1.54, 1.807) is 6.92 Å². The summed E-state index contributed by atoms with van der Waals surface area (Å²) in [7, 11) is 0. The van der Waals surface area contributed by atoms with Crippen LogP contribution in [-0.4, -0.2) is 46.8 Å². The predicted molar refractivity (Wildman–Crippen MR) is 92.1 cm³/mol. The third-order valence-electron chi connectivity index (χ3n) is 5.67. The lowest BCUT2D eigenvalue weighted by atomic mass is 9.67. The average molecular weight is 323 g/mol. The van der Waals surface area contributed by atoms with E-state index < -0.39 is 12.1 Å². The van der Waals surface area contributed by atoms with Gasteiger partial charge in [0.15, 0.2) is 0 Å². The Labute approximate surface area is 140 Å². The molecule has 0 radical (unpaired) electrons. The lowest BCUT2D eigenvalue weighted by molar-refractivity contribution is -0.143. The summed E-state index contributed by atoms with van der Waals surface area (Å²) in [4.78, 5) is 14.0. The van der Waals surface area contributed by atoms with E-state index in [1.165, 1.54) is 25.7 Å². The second kappa shape index (κ2) is 7.35. The Balaban J connectivity index is 2.00. The second-order valence-corrected chi connectivity index (χ2v) is 8.19. The summed E-state index contributed by atoms with van der Waals surface area (Å²) in [6.07, 6.45) is 5.65.